The number of nitrogens with zero attached hydrogens (tertiary/aromatic N) is 3. The molecule has 1 heterocycles. The molecule has 1 aliphatic rings. The zero-order valence-corrected chi connectivity index (χ0v) is 12.3. The molecule has 0 amide bonds. The Balaban J connectivity index is 1.99. The van der Waals surface area contributed by atoms with Gasteiger partial charge in [0.2, 0.25) is 0 Å². The van der Waals surface area contributed by atoms with Gasteiger partial charge in [-0.25, -0.2) is 4.68 Å². The second-order valence-corrected chi connectivity index (χ2v) is 5.75. The minimum absolute atomic E-state index is 0.391. The Hall–Kier alpha value is -2.48. The number of hydrogen-bond donors (Lipinski definition) is 2. The molecule has 2 aromatic rings. The molecule has 1 aromatic heterocycles. The van der Waals surface area contributed by atoms with Gasteiger partial charge in [-0.2, -0.15) is 5.26 Å². The van der Waals surface area contributed by atoms with Crippen molar-refractivity contribution in [3.05, 3.63) is 34.9 Å². The number of aryl methyl sites for hydroxylation is 2. The predicted molar refractivity (Wildman–Crippen MR) is 83.4 cm³/mol. The summed E-state index contributed by atoms with van der Waals surface area (Å²) in [5.74, 6) is 1.69. The fraction of sp³-hybridized carbons (Fsp3) is 0.375. The molecule has 3 rings (SSSR count). The van der Waals surface area contributed by atoms with Gasteiger partial charge in [0.05, 0.1) is 5.69 Å². The molecule has 0 radical (unpaired) electrons. The summed E-state index contributed by atoms with van der Waals surface area (Å²) < 4.78 is 1.66. The van der Waals surface area contributed by atoms with Gasteiger partial charge >= 0.3 is 0 Å². The minimum Gasteiger partial charge on any atom is -0.382 e. The van der Waals surface area contributed by atoms with Crippen LogP contribution in [-0.4, -0.2) is 16.3 Å². The van der Waals surface area contributed by atoms with E-state index in [4.69, 9.17) is 5.73 Å². The standard InChI is InChI=1S/C16H19N5/c1-10-3-6-14(11(2)7-10)21-15(18)13(8-17)16(20-21)19-9-12-4-5-12/h3,6-7,12H,4-5,9,18H2,1-2H3,(H,19,20). The van der Waals surface area contributed by atoms with Crippen molar-refractivity contribution in [1.29, 1.82) is 5.26 Å². The molecule has 1 aliphatic carbocycles. The maximum atomic E-state index is 9.33. The third kappa shape index (κ3) is 2.57. The van der Waals surface area contributed by atoms with Gasteiger partial charge in [0.1, 0.15) is 17.5 Å². The summed E-state index contributed by atoms with van der Waals surface area (Å²) in [6.45, 7) is 4.93. The summed E-state index contributed by atoms with van der Waals surface area (Å²) >= 11 is 0. The summed E-state index contributed by atoms with van der Waals surface area (Å²) in [5.41, 5.74) is 9.73. The van der Waals surface area contributed by atoms with Gasteiger partial charge in [0.15, 0.2) is 5.82 Å². The average Bonchev–Trinajstić information content (AvgIpc) is 3.22. The molecule has 0 bridgehead atoms. The second-order valence-electron chi connectivity index (χ2n) is 5.75. The van der Waals surface area contributed by atoms with Gasteiger partial charge in [0, 0.05) is 6.54 Å². The van der Waals surface area contributed by atoms with Crippen LogP contribution in [0.25, 0.3) is 5.69 Å². The van der Waals surface area contributed by atoms with Crippen LogP contribution in [-0.2, 0) is 0 Å². The number of benzene rings is 1. The Morgan fingerprint density at radius 1 is 1.43 bits per heavy atom. The first-order chi connectivity index (χ1) is 10.1. The van der Waals surface area contributed by atoms with Crippen molar-refractivity contribution < 1.29 is 0 Å². The van der Waals surface area contributed by atoms with Gasteiger partial charge in [-0.15, -0.1) is 5.10 Å². The molecular weight excluding hydrogens is 262 g/mol. The predicted octanol–water partition coefficient (Wildman–Crippen LogP) is 2.76. The summed E-state index contributed by atoms with van der Waals surface area (Å²) in [6.07, 6.45) is 2.50. The lowest BCUT2D eigenvalue weighted by molar-refractivity contribution is 0.851. The average molecular weight is 281 g/mol. The van der Waals surface area contributed by atoms with Crippen molar-refractivity contribution in [2.75, 3.05) is 17.6 Å². The van der Waals surface area contributed by atoms with E-state index in [1.165, 1.54) is 18.4 Å². The number of anilines is 2. The fourth-order valence-electron chi connectivity index (χ4n) is 2.45. The largest absolute Gasteiger partial charge is 0.382 e. The van der Waals surface area contributed by atoms with E-state index in [0.717, 1.165) is 17.8 Å². The Labute approximate surface area is 124 Å². The van der Waals surface area contributed by atoms with E-state index in [1.54, 1.807) is 4.68 Å². The minimum atomic E-state index is 0.391. The second kappa shape index (κ2) is 5.13. The zero-order valence-electron chi connectivity index (χ0n) is 12.3. The van der Waals surface area contributed by atoms with E-state index in [-0.39, 0.29) is 0 Å². The van der Waals surface area contributed by atoms with Crippen molar-refractivity contribution in [2.45, 2.75) is 26.7 Å². The third-order valence-corrected chi connectivity index (χ3v) is 3.87. The summed E-state index contributed by atoms with van der Waals surface area (Å²) in [4.78, 5) is 0. The molecule has 0 atom stereocenters. The Bertz CT molecular complexity index is 719. The molecule has 0 saturated heterocycles. The molecule has 5 nitrogen and oxygen atoms in total. The van der Waals surface area contributed by atoms with Crippen molar-refractivity contribution in [3.8, 4) is 11.8 Å². The number of aromatic nitrogens is 2. The fourth-order valence-corrected chi connectivity index (χ4v) is 2.45. The van der Waals surface area contributed by atoms with Crippen LogP contribution in [0.3, 0.4) is 0 Å². The highest BCUT2D eigenvalue weighted by Gasteiger charge is 2.23. The van der Waals surface area contributed by atoms with Gasteiger partial charge in [-0.05, 0) is 44.2 Å². The van der Waals surface area contributed by atoms with Crippen LogP contribution < -0.4 is 11.1 Å². The first kappa shape index (κ1) is 13.5. The summed E-state index contributed by atoms with van der Waals surface area (Å²) in [5, 5.41) is 17.1. The Morgan fingerprint density at radius 3 is 2.81 bits per heavy atom. The van der Waals surface area contributed by atoms with Crippen LogP contribution in [0.1, 0.15) is 29.5 Å². The van der Waals surface area contributed by atoms with Crippen LogP contribution >= 0.6 is 0 Å². The highest BCUT2D eigenvalue weighted by Crippen LogP contribution is 2.31. The normalized spacial score (nSPS) is 14.0. The van der Waals surface area contributed by atoms with E-state index in [9.17, 15) is 5.26 Å². The van der Waals surface area contributed by atoms with Crippen LogP contribution in [0, 0.1) is 31.1 Å². The lowest BCUT2D eigenvalue weighted by atomic mass is 10.1. The molecule has 21 heavy (non-hydrogen) atoms. The zero-order chi connectivity index (χ0) is 15.0. The monoisotopic (exact) mass is 281 g/mol. The van der Waals surface area contributed by atoms with Gasteiger partial charge < -0.3 is 11.1 Å². The molecule has 1 saturated carbocycles. The van der Waals surface area contributed by atoms with Gasteiger partial charge in [-0.1, -0.05) is 17.7 Å². The Kier molecular flexibility index (Phi) is 3.30. The number of nitrogens with one attached hydrogen (secondary N) is 1. The molecule has 1 aromatic carbocycles. The molecule has 3 N–H and O–H groups in total. The van der Waals surface area contributed by atoms with E-state index < -0.39 is 0 Å². The van der Waals surface area contributed by atoms with Crippen molar-refractivity contribution in [1.82, 2.24) is 9.78 Å². The van der Waals surface area contributed by atoms with Crippen molar-refractivity contribution in [3.63, 3.8) is 0 Å². The molecule has 5 heteroatoms. The van der Waals surface area contributed by atoms with E-state index in [0.29, 0.717) is 23.1 Å². The summed E-state index contributed by atoms with van der Waals surface area (Å²) in [7, 11) is 0. The SMILES string of the molecule is Cc1ccc(-n2nc(NCC3CC3)c(C#N)c2N)c(C)c1. The highest BCUT2D eigenvalue weighted by molar-refractivity contribution is 5.66. The van der Waals surface area contributed by atoms with Gasteiger partial charge in [-0.3, -0.25) is 0 Å². The maximum absolute atomic E-state index is 9.33. The quantitative estimate of drug-likeness (QED) is 0.903. The van der Waals surface area contributed by atoms with Crippen LogP contribution in [0.5, 0.6) is 0 Å². The molecular formula is C16H19N5. The molecule has 1 fully saturated rings. The highest BCUT2D eigenvalue weighted by atomic mass is 15.3. The Morgan fingerprint density at radius 2 is 2.19 bits per heavy atom. The lowest BCUT2D eigenvalue weighted by Crippen LogP contribution is -2.06. The van der Waals surface area contributed by atoms with E-state index >= 15 is 0 Å². The first-order valence-electron chi connectivity index (χ1n) is 7.20. The number of nitrogens with two attached hydrogens (primary N) is 1. The topological polar surface area (TPSA) is 79.7 Å². The van der Waals surface area contributed by atoms with E-state index in [2.05, 4.69) is 22.6 Å². The number of hydrogen-bond acceptors (Lipinski definition) is 4. The van der Waals surface area contributed by atoms with E-state index in [1.807, 2.05) is 26.0 Å². The maximum Gasteiger partial charge on any atom is 0.168 e. The van der Waals surface area contributed by atoms with Crippen LogP contribution in [0.2, 0.25) is 0 Å². The van der Waals surface area contributed by atoms with Crippen LogP contribution in [0.15, 0.2) is 18.2 Å². The van der Waals surface area contributed by atoms with Crippen molar-refractivity contribution >= 4 is 11.6 Å². The van der Waals surface area contributed by atoms with Crippen LogP contribution in [0.4, 0.5) is 11.6 Å². The van der Waals surface area contributed by atoms with Gasteiger partial charge in [0.25, 0.3) is 0 Å². The lowest BCUT2D eigenvalue weighted by Gasteiger charge is -2.08. The number of rotatable bonds is 4. The molecule has 0 aliphatic heterocycles. The number of nitriles is 1. The molecule has 108 valence electrons. The summed E-state index contributed by atoms with van der Waals surface area (Å²) in [6, 6.07) is 8.25. The smallest absolute Gasteiger partial charge is 0.168 e. The first-order valence-corrected chi connectivity index (χ1v) is 7.20. The number of nitrogen functional groups attached to an aromatic ring is 1. The van der Waals surface area contributed by atoms with Crippen molar-refractivity contribution in [2.24, 2.45) is 5.92 Å². The molecule has 0 spiro atoms. The third-order valence-electron chi connectivity index (χ3n) is 3.87. The molecule has 0 unspecified atom stereocenters.